The maximum atomic E-state index is 12.3. The van der Waals surface area contributed by atoms with E-state index in [0.717, 1.165) is 0 Å². The second-order valence-electron chi connectivity index (χ2n) is 4.57. The molecule has 2 N–H and O–H groups in total. The number of nitrogens with one attached hydrogen (secondary N) is 1. The Morgan fingerprint density at radius 2 is 1.84 bits per heavy atom. The van der Waals surface area contributed by atoms with Gasteiger partial charge in [-0.25, -0.2) is 0 Å². The molecule has 0 spiro atoms. The number of ether oxygens (including phenoxy) is 2. The molecule has 1 fully saturated rings. The van der Waals surface area contributed by atoms with E-state index < -0.39 is 6.10 Å². The number of carbonyl (C=O) groups is 1. The van der Waals surface area contributed by atoms with Gasteiger partial charge in [-0.2, -0.15) is 0 Å². The van der Waals surface area contributed by atoms with Crippen LogP contribution in [0.4, 0.5) is 0 Å². The molecular formula is C13H26N2O4. The van der Waals surface area contributed by atoms with Crippen LogP contribution in [0.5, 0.6) is 0 Å². The molecule has 1 saturated heterocycles. The first-order chi connectivity index (χ1) is 9.19. The van der Waals surface area contributed by atoms with E-state index in [-0.39, 0.29) is 11.9 Å². The molecule has 2 atom stereocenters. The van der Waals surface area contributed by atoms with Crippen molar-refractivity contribution >= 4 is 5.91 Å². The fraction of sp³-hybridized carbons (Fsp3) is 0.923. The number of nitrogens with zero attached hydrogens (tertiary/aromatic N) is 1. The molecule has 0 saturated carbocycles. The van der Waals surface area contributed by atoms with Gasteiger partial charge in [-0.15, -0.1) is 0 Å². The van der Waals surface area contributed by atoms with E-state index in [2.05, 4.69) is 5.32 Å². The lowest BCUT2D eigenvalue weighted by atomic mass is 10.2. The van der Waals surface area contributed by atoms with Crippen LogP contribution in [0.15, 0.2) is 0 Å². The van der Waals surface area contributed by atoms with Crippen molar-refractivity contribution in [2.75, 3.05) is 46.1 Å². The largest absolute Gasteiger partial charge is 0.392 e. The third-order valence-corrected chi connectivity index (χ3v) is 3.14. The summed E-state index contributed by atoms with van der Waals surface area (Å²) in [6.45, 7) is 7.83. The minimum Gasteiger partial charge on any atom is -0.392 e. The van der Waals surface area contributed by atoms with Crippen LogP contribution in [0.25, 0.3) is 0 Å². The van der Waals surface area contributed by atoms with E-state index in [1.807, 2.05) is 13.8 Å². The highest BCUT2D eigenvalue weighted by molar-refractivity contribution is 5.82. The Balaban J connectivity index is 2.42. The first-order valence-corrected chi connectivity index (χ1v) is 7.04. The second kappa shape index (κ2) is 9.25. The summed E-state index contributed by atoms with van der Waals surface area (Å²) < 4.78 is 10.6. The van der Waals surface area contributed by atoms with Crippen molar-refractivity contribution in [3.63, 3.8) is 0 Å². The van der Waals surface area contributed by atoms with Crippen molar-refractivity contribution in [3.05, 3.63) is 0 Å². The Kier molecular flexibility index (Phi) is 7.97. The molecule has 1 heterocycles. The summed E-state index contributed by atoms with van der Waals surface area (Å²) >= 11 is 0. The molecule has 112 valence electrons. The van der Waals surface area contributed by atoms with Crippen LogP contribution in [0, 0.1) is 0 Å². The van der Waals surface area contributed by atoms with E-state index in [0.29, 0.717) is 52.5 Å². The predicted octanol–water partition coefficient (Wildman–Crippen LogP) is -0.389. The lowest BCUT2D eigenvalue weighted by Gasteiger charge is -2.25. The van der Waals surface area contributed by atoms with Gasteiger partial charge in [0.2, 0.25) is 5.91 Å². The molecule has 0 radical (unpaired) electrons. The number of β-amino-alcohol motifs (C(OH)–C–C–N with tert-alkyl or cyclic N) is 1. The van der Waals surface area contributed by atoms with Crippen LogP contribution in [0.3, 0.4) is 0 Å². The van der Waals surface area contributed by atoms with Crippen LogP contribution in [0.1, 0.15) is 20.3 Å². The zero-order valence-corrected chi connectivity index (χ0v) is 11.9. The molecule has 0 aliphatic carbocycles. The summed E-state index contributed by atoms with van der Waals surface area (Å²) in [5, 5.41) is 12.5. The third-order valence-electron chi connectivity index (χ3n) is 3.14. The van der Waals surface area contributed by atoms with Gasteiger partial charge in [0.1, 0.15) is 0 Å². The van der Waals surface area contributed by atoms with Crippen LogP contribution < -0.4 is 5.32 Å². The van der Waals surface area contributed by atoms with Gasteiger partial charge in [-0.05, 0) is 20.3 Å². The Bertz CT molecular complexity index is 253. The van der Waals surface area contributed by atoms with Gasteiger partial charge in [0.05, 0.1) is 25.4 Å². The molecule has 0 aromatic rings. The van der Waals surface area contributed by atoms with Gasteiger partial charge in [-0.3, -0.25) is 4.79 Å². The number of aliphatic hydroxyl groups is 1. The van der Waals surface area contributed by atoms with Crippen LogP contribution in [-0.2, 0) is 14.3 Å². The summed E-state index contributed by atoms with van der Waals surface area (Å²) in [5.41, 5.74) is 0. The maximum absolute atomic E-state index is 12.3. The highest BCUT2D eigenvalue weighted by Crippen LogP contribution is 2.09. The van der Waals surface area contributed by atoms with Gasteiger partial charge < -0.3 is 24.8 Å². The number of aliphatic hydroxyl groups excluding tert-OH is 1. The maximum Gasteiger partial charge on any atom is 0.239 e. The van der Waals surface area contributed by atoms with Gasteiger partial charge in [0, 0.05) is 32.8 Å². The predicted molar refractivity (Wildman–Crippen MR) is 72.0 cm³/mol. The van der Waals surface area contributed by atoms with E-state index in [9.17, 15) is 9.90 Å². The van der Waals surface area contributed by atoms with Crippen molar-refractivity contribution < 1.29 is 19.4 Å². The Labute approximate surface area is 115 Å². The summed E-state index contributed by atoms with van der Waals surface area (Å²) in [6.07, 6.45) is 0.0630. The molecule has 0 aromatic heterocycles. The molecule has 1 rings (SSSR count). The topological polar surface area (TPSA) is 71.0 Å². The standard InChI is InChI=1S/C13H26N2O4/c1-3-18-7-5-15(6-8-19-4-2)13(17)12-9-11(16)10-14-12/h11-12,14,16H,3-10H2,1-2H3. The lowest BCUT2D eigenvalue weighted by Crippen LogP contribution is -2.46. The third kappa shape index (κ3) is 5.86. The molecule has 1 amide bonds. The molecule has 6 heteroatoms. The zero-order valence-electron chi connectivity index (χ0n) is 11.9. The van der Waals surface area contributed by atoms with Crippen LogP contribution >= 0.6 is 0 Å². The molecule has 19 heavy (non-hydrogen) atoms. The molecule has 6 nitrogen and oxygen atoms in total. The molecule has 0 bridgehead atoms. The Hall–Kier alpha value is -0.690. The minimum atomic E-state index is -0.422. The number of rotatable bonds is 9. The monoisotopic (exact) mass is 274 g/mol. The van der Waals surface area contributed by atoms with Crippen LogP contribution in [-0.4, -0.2) is 74.1 Å². The average Bonchev–Trinajstić information content (AvgIpc) is 2.83. The number of hydrogen-bond donors (Lipinski definition) is 2. The van der Waals surface area contributed by atoms with E-state index in [1.165, 1.54) is 0 Å². The average molecular weight is 274 g/mol. The van der Waals surface area contributed by atoms with Crippen molar-refractivity contribution in [2.24, 2.45) is 0 Å². The highest BCUT2D eigenvalue weighted by atomic mass is 16.5. The number of hydrogen-bond acceptors (Lipinski definition) is 5. The van der Waals surface area contributed by atoms with E-state index in [1.54, 1.807) is 4.90 Å². The fourth-order valence-electron chi connectivity index (χ4n) is 2.10. The van der Waals surface area contributed by atoms with Crippen molar-refractivity contribution in [1.29, 1.82) is 0 Å². The first kappa shape index (κ1) is 16.4. The summed E-state index contributed by atoms with van der Waals surface area (Å²) in [7, 11) is 0. The van der Waals surface area contributed by atoms with E-state index in [4.69, 9.17) is 9.47 Å². The summed E-state index contributed by atoms with van der Waals surface area (Å²) in [6, 6.07) is -0.279. The zero-order chi connectivity index (χ0) is 14.1. The Morgan fingerprint density at radius 1 is 1.26 bits per heavy atom. The van der Waals surface area contributed by atoms with Gasteiger partial charge in [0.15, 0.2) is 0 Å². The molecule has 1 aliphatic rings. The Morgan fingerprint density at radius 3 is 2.26 bits per heavy atom. The van der Waals surface area contributed by atoms with Gasteiger partial charge in [0.25, 0.3) is 0 Å². The van der Waals surface area contributed by atoms with Crippen LogP contribution in [0.2, 0.25) is 0 Å². The molecular weight excluding hydrogens is 248 g/mol. The quantitative estimate of drug-likeness (QED) is 0.560. The first-order valence-electron chi connectivity index (χ1n) is 7.04. The molecule has 1 aliphatic heterocycles. The normalized spacial score (nSPS) is 22.7. The summed E-state index contributed by atoms with van der Waals surface area (Å²) in [5.74, 6) is 0.0240. The van der Waals surface area contributed by atoms with Gasteiger partial charge in [-0.1, -0.05) is 0 Å². The lowest BCUT2D eigenvalue weighted by molar-refractivity contribution is -0.134. The summed E-state index contributed by atoms with van der Waals surface area (Å²) in [4.78, 5) is 14.1. The second-order valence-corrected chi connectivity index (χ2v) is 4.57. The minimum absolute atomic E-state index is 0.0240. The smallest absolute Gasteiger partial charge is 0.239 e. The molecule has 2 unspecified atom stereocenters. The molecule has 0 aromatic carbocycles. The van der Waals surface area contributed by atoms with Crippen molar-refractivity contribution in [3.8, 4) is 0 Å². The fourth-order valence-corrected chi connectivity index (χ4v) is 2.10. The van der Waals surface area contributed by atoms with E-state index >= 15 is 0 Å². The van der Waals surface area contributed by atoms with Gasteiger partial charge >= 0.3 is 0 Å². The number of carbonyl (C=O) groups excluding carboxylic acids is 1. The van der Waals surface area contributed by atoms with Crippen molar-refractivity contribution in [1.82, 2.24) is 10.2 Å². The van der Waals surface area contributed by atoms with Crippen molar-refractivity contribution in [2.45, 2.75) is 32.4 Å². The number of amides is 1. The highest BCUT2D eigenvalue weighted by Gasteiger charge is 2.31. The SMILES string of the molecule is CCOCCN(CCOCC)C(=O)C1CC(O)CN1.